The SMILES string of the molecule is CCCCCCOC(C)C(=O)Nc1ccccc1C#N. The maximum absolute atomic E-state index is 12.0. The summed E-state index contributed by atoms with van der Waals surface area (Å²) in [5.74, 6) is -0.219. The minimum Gasteiger partial charge on any atom is -0.369 e. The molecule has 1 rings (SSSR count). The summed E-state index contributed by atoms with van der Waals surface area (Å²) in [7, 11) is 0. The van der Waals surface area contributed by atoms with Crippen LogP contribution in [0.2, 0.25) is 0 Å². The summed E-state index contributed by atoms with van der Waals surface area (Å²) in [6.07, 6.45) is 3.96. The fourth-order valence-corrected chi connectivity index (χ4v) is 1.79. The number of hydrogen-bond acceptors (Lipinski definition) is 3. The quantitative estimate of drug-likeness (QED) is 0.738. The van der Waals surface area contributed by atoms with E-state index >= 15 is 0 Å². The Labute approximate surface area is 120 Å². The molecule has 0 spiro atoms. The van der Waals surface area contributed by atoms with Crippen molar-refractivity contribution in [1.82, 2.24) is 0 Å². The smallest absolute Gasteiger partial charge is 0.253 e. The van der Waals surface area contributed by atoms with E-state index in [1.807, 2.05) is 0 Å². The van der Waals surface area contributed by atoms with E-state index in [0.717, 1.165) is 12.8 Å². The molecule has 1 unspecified atom stereocenters. The predicted molar refractivity (Wildman–Crippen MR) is 79.3 cm³/mol. The van der Waals surface area contributed by atoms with E-state index in [-0.39, 0.29) is 5.91 Å². The van der Waals surface area contributed by atoms with E-state index in [1.165, 1.54) is 12.8 Å². The molecule has 1 aromatic carbocycles. The monoisotopic (exact) mass is 274 g/mol. The molecule has 0 radical (unpaired) electrons. The standard InChI is InChI=1S/C16H22N2O2/c1-3-4-5-8-11-20-13(2)16(19)18-15-10-7-6-9-14(15)12-17/h6-7,9-10,13H,3-5,8,11H2,1-2H3,(H,18,19). The van der Waals surface area contributed by atoms with Gasteiger partial charge in [0.1, 0.15) is 12.2 Å². The van der Waals surface area contributed by atoms with Crippen molar-refractivity contribution in [2.75, 3.05) is 11.9 Å². The van der Waals surface area contributed by atoms with Crippen LogP contribution in [0.25, 0.3) is 0 Å². The van der Waals surface area contributed by atoms with Crippen molar-refractivity contribution in [3.8, 4) is 6.07 Å². The first-order chi connectivity index (χ1) is 9.69. The van der Waals surface area contributed by atoms with Crippen LogP contribution in [0.4, 0.5) is 5.69 Å². The van der Waals surface area contributed by atoms with Crippen LogP contribution in [-0.2, 0) is 9.53 Å². The Hall–Kier alpha value is -1.86. The zero-order valence-corrected chi connectivity index (χ0v) is 12.2. The molecule has 0 aliphatic carbocycles. The number of unbranched alkanes of at least 4 members (excludes halogenated alkanes) is 3. The zero-order valence-electron chi connectivity index (χ0n) is 12.2. The molecule has 0 aliphatic heterocycles. The van der Waals surface area contributed by atoms with Gasteiger partial charge in [0.05, 0.1) is 11.3 Å². The van der Waals surface area contributed by atoms with Crippen LogP contribution >= 0.6 is 0 Å². The molecule has 0 aliphatic rings. The molecule has 1 N–H and O–H groups in total. The highest BCUT2D eigenvalue weighted by Crippen LogP contribution is 2.14. The normalized spacial score (nSPS) is 11.7. The van der Waals surface area contributed by atoms with Gasteiger partial charge in [-0.1, -0.05) is 38.3 Å². The summed E-state index contributed by atoms with van der Waals surface area (Å²) in [5.41, 5.74) is 0.984. The predicted octanol–water partition coefficient (Wildman–Crippen LogP) is 3.48. The molecule has 0 aromatic heterocycles. The number of para-hydroxylation sites is 1. The van der Waals surface area contributed by atoms with E-state index in [4.69, 9.17) is 10.00 Å². The molecule has 0 bridgehead atoms. The first-order valence-electron chi connectivity index (χ1n) is 7.10. The molecule has 1 atom stereocenters. The number of hydrogen-bond donors (Lipinski definition) is 1. The van der Waals surface area contributed by atoms with Gasteiger partial charge in [-0.3, -0.25) is 4.79 Å². The Morgan fingerprint density at radius 3 is 2.80 bits per heavy atom. The lowest BCUT2D eigenvalue weighted by molar-refractivity contribution is -0.126. The Morgan fingerprint density at radius 2 is 2.10 bits per heavy atom. The first-order valence-corrected chi connectivity index (χ1v) is 7.10. The van der Waals surface area contributed by atoms with Crippen LogP contribution in [0.5, 0.6) is 0 Å². The first kappa shape index (κ1) is 16.2. The van der Waals surface area contributed by atoms with Crippen molar-refractivity contribution in [2.45, 2.75) is 45.6 Å². The van der Waals surface area contributed by atoms with Gasteiger partial charge in [0.25, 0.3) is 5.91 Å². The second-order valence-electron chi connectivity index (χ2n) is 4.72. The topological polar surface area (TPSA) is 62.1 Å². The second-order valence-corrected chi connectivity index (χ2v) is 4.72. The average molecular weight is 274 g/mol. The minimum absolute atomic E-state index is 0.219. The van der Waals surface area contributed by atoms with Crippen molar-refractivity contribution in [2.24, 2.45) is 0 Å². The Bertz CT molecular complexity index is 466. The lowest BCUT2D eigenvalue weighted by Crippen LogP contribution is -2.28. The molecule has 1 aromatic rings. The molecule has 4 heteroatoms. The summed E-state index contributed by atoms with van der Waals surface area (Å²) in [6, 6.07) is 8.99. The number of carbonyl (C=O) groups is 1. The van der Waals surface area contributed by atoms with Crippen molar-refractivity contribution >= 4 is 11.6 Å². The maximum Gasteiger partial charge on any atom is 0.253 e. The van der Waals surface area contributed by atoms with Gasteiger partial charge in [-0.05, 0) is 25.5 Å². The molecular formula is C16H22N2O2. The summed E-state index contributed by atoms with van der Waals surface area (Å²) >= 11 is 0. The van der Waals surface area contributed by atoms with Gasteiger partial charge in [-0.15, -0.1) is 0 Å². The number of carbonyl (C=O) groups excluding carboxylic acids is 1. The fraction of sp³-hybridized carbons (Fsp3) is 0.500. The van der Waals surface area contributed by atoms with E-state index in [2.05, 4.69) is 18.3 Å². The highest BCUT2D eigenvalue weighted by atomic mass is 16.5. The average Bonchev–Trinajstić information content (AvgIpc) is 2.47. The van der Waals surface area contributed by atoms with E-state index in [9.17, 15) is 4.79 Å². The molecule has 4 nitrogen and oxygen atoms in total. The molecule has 20 heavy (non-hydrogen) atoms. The molecule has 0 saturated carbocycles. The molecule has 0 heterocycles. The Kier molecular flexibility index (Phi) is 7.38. The highest BCUT2D eigenvalue weighted by molar-refractivity contribution is 5.95. The third kappa shape index (κ3) is 5.41. The Balaban J connectivity index is 2.40. The van der Waals surface area contributed by atoms with Gasteiger partial charge in [-0.2, -0.15) is 5.26 Å². The van der Waals surface area contributed by atoms with E-state index in [0.29, 0.717) is 17.9 Å². The zero-order chi connectivity index (χ0) is 14.8. The van der Waals surface area contributed by atoms with Gasteiger partial charge in [0, 0.05) is 6.61 Å². The molecule has 1 amide bonds. The Morgan fingerprint density at radius 1 is 1.35 bits per heavy atom. The van der Waals surface area contributed by atoms with Crippen LogP contribution in [0.15, 0.2) is 24.3 Å². The van der Waals surface area contributed by atoms with Gasteiger partial charge in [0.15, 0.2) is 0 Å². The van der Waals surface area contributed by atoms with Gasteiger partial charge in [-0.25, -0.2) is 0 Å². The van der Waals surface area contributed by atoms with Crippen molar-refractivity contribution < 1.29 is 9.53 Å². The third-order valence-electron chi connectivity index (χ3n) is 3.04. The van der Waals surface area contributed by atoms with Gasteiger partial charge >= 0.3 is 0 Å². The summed E-state index contributed by atoms with van der Waals surface area (Å²) in [6.45, 7) is 4.47. The largest absolute Gasteiger partial charge is 0.369 e. The number of ether oxygens (including phenoxy) is 1. The highest BCUT2D eigenvalue weighted by Gasteiger charge is 2.14. The number of nitriles is 1. The maximum atomic E-state index is 12.0. The van der Waals surface area contributed by atoms with Gasteiger partial charge in [0.2, 0.25) is 0 Å². The second kappa shape index (κ2) is 9.11. The van der Waals surface area contributed by atoms with Gasteiger partial charge < -0.3 is 10.1 Å². The number of amides is 1. The lowest BCUT2D eigenvalue weighted by Gasteiger charge is -2.14. The number of nitrogens with zero attached hydrogens (tertiary/aromatic N) is 1. The van der Waals surface area contributed by atoms with E-state index in [1.54, 1.807) is 31.2 Å². The lowest BCUT2D eigenvalue weighted by atomic mass is 10.2. The summed E-state index contributed by atoms with van der Waals surface area (Å²) in [4.78, 5) is 12.0. The molecule has 108 valence electrons. The van der Waals surface area contributed by atoms with Crippen LogP contribution in [-0.4, -0.2) is 18.6 Å². The third-order valence-corrected chi connectivity index (χ3v) is 3.04. The van der Waals surface area contributed by atoms with Crippen molar-refractivity contribution in [1.29, 1.82) is 5.26 Å². The number of nitrogens with one attached hydrogen (secondary N) is 1. The van der Waals surface area contributed by atoms with Crippen LogP contribution < -0.4 is 5.32 Å². The van der Waals surface area contributed by atoms with Crippen LogP contribution in [0.3, 0.4) is 0 Å². The van der Waals surface area contributed by atoms with Crippen molar-refractivity contribution in [3.63, 3.8) is 0 Å². The molecular weight excluding hydrogens is 252 g/mol. The van der Waals surface area contributed by atoms with Crippen molar-refractivity contribution in [3.05, 3.63) is 29.8 Å². The summed E-state index contributed by atoms with van der Waals surface area (Å²) < 4.78 is 5.50. The van der Waals surface area contributed by atoms with Crippen LogP contribution in [0.1, 0.15) is 45.1 Å². The number of anilines is 1. The molecule has 0 saturated heterocycles. The van der Waals surface area contributed by atoms with E-state index < -0.39 is 6.10 Å². The minimum atomic E-state index is -0.511. The number of rotatable bonds is 8. The summed E-state index contributed by atoms with van der Waals surface area (Å²) in [5, 5.41) is 11.7. The molecule has 0 fully saturated rings. The number of benzene rings is 1. The van der Waals surface area contributed by atoms with Crippen LogP contribution in [0, 0.1) is 11.3 Å². The fourth-order valence-electron chi connectivity index (χ4n) is 1.79.